The Labute approximate surface area is 258 Å². The predicted molar refractivity (Wildman–Crippen MR) is 182 cm³/mol. The summed E-state index contributed by atoms with van der Waals surface area (Å²) in [6.07, 6.45) is 1.87. The van der Waals surface area contributed by atoms with Crippen LogP contribution in [0.2, 0.25) is 0 Å². The average molecular weight is 574 g/mol. The fraction of sp³-hybridized carbons (Fsp3) is 0. The van der Waals surface area contributed by atoms with Crippen LogP contribution >= 0.6 is 0 Å². The first kappa shape index (κ1) is 24.3. The summed E-state index contributed by atoms with van der Waals surface area (Å²) in [5, 5.41) is 5.87. The molecule has 0 radical (unpaired) electrons. The lowest BCUT2D eigenvalue weighted by atomic mass is 9.93. The monoisotopic (exact) mass is 573 g/mol. The Morgan fingerprint density at radius 3 is 1.82 bits per heavy atom. The lowest BCUT2D eigenvalue weighted by molar-refractivity contribution is 0.954. The van der Waals surface area contributed by atoms with Gasteiger partial charge in [0.25, 0.3) is 0 Å². The molecule has 3 aromatic heterocycles. The van der Waals surface area contributed by atoms with Crippen LogP contribution in [0.5, 0.6) is 0 Å². The number of nitrogens with zero attached hydrogens (tertiary/aromatic N) is 5. The van der Waals surface area contributed by atoms with Crippen molar-refractivity contribution in [3.63, 3.8) is 0 Å². The van der Waals surface area contributed by atoms with Gasteiger partial charge in [0.1, 0.15) is 0 Å². The van der Waals surface area contributed by atoms with Gasteiger partial charge in [-0.25, -0.2) is 4.98 Å². The second-order valence-electron chi connectivity index (χ2n) is 11.5. The van der Waals surface area contributed by atoms with Gasteiger partial charge in [-0.3, -0.25) is 9.55 Å². The summed E-state index contributed by atoms with van der Waals surface area (Å²) in [6.45, 7) is 0. The van der Waals surface area contributed by atoms with E-state index in [0.717, 1.165) is 33.1 Å². The van der Waals surface area contributed by atoms with Crippen LogP contribution in [-0.4, -0.2) is 24.5 Å². The molecule has 0 saturated heterocycles. The molecule has 3 heterocycles. The van der Waals surface area contributed by atoms with Gasteiger partial charge < -0.3 is 0 Å². The zero-order valence-corrected chi connectivity index (χ0v) is 24.0. The van der Waals surface area contributed by atoms with Crippen LogP contribution in [0.1, 0.15) is 0 Å². The fourth-order valence-electron chi connectivity index (χ4n) is 7.10. The maximum atomic E-state index is 5.19. The maximum absolute atomic E-state index is 5.19. The quantitative estimate of drug-likeness (QED) is 0.211. The highest BCUT2D eigenvalue weighted by Gasteiger charge is 2.28. The molecule has 5 nitrogen and oxygen atoms in total. The third kappa shape index (κ3) is 3.43. The highest BCUT2D eigenvalue weighted by atomic mass is 15.2. The standard InChI is InChI=1S/C40H23N5/c1-3-11-25(12-4-1)38-42-39(26-13-5-2-6-14-26)44-40(43-38)45-32-21-20-24-15-9-19-30-28-17-7-8-18-29(28)31-23-27-16-10-22-41-36(27)37(45)34(31)35(32)33(24)30/h1-23H. The number of pyridine rings is 1. The van der Waals surface area contributed by atoms with Gasteiger partial charge in [0.15, 0.2) is 11.6 Å². The van der Waals surface area contributed by atoms with Crippen molar-refractivity contribution < 1.29 is 0 Å². The van der Waals surface area contributed by atoms with Gasteiger partial charge in [-0.05, 0) is 51.2 Å². The topological polar surface area (TPSA) is 56.5 Å². The molecular weight excluding hydrogens is 550 g/mol. The zero-order valence-electron chi connectivity index (χ0n) is 24.0. The molecule has 1 aliphatic carbocycles. The smallest absolute Gasteiger partial charge is 0.238 e. The van der Waals surface area contributed by atoms with E-state index < -0.39 is 0 Å². The van der Waals surface area contributed by atoms with Crippen LogP contribution in [0.4, 0.5) is 0 Å². The highest BCUT2D eigenvalue weighted by molar-refractivity contribution is 6.33. The summed E-state index contributed by atoms with van der Waals surface area (Å²) in [7, 11) is 0. The summed E-state index contributed by atoms with van der Waals surface area (Å²) in [5.41, 5.74) is 9.70. The molecule has 45 heavy (non-hydrogen) atoms. The lowest BCUT2D eigenvalue weighted by Crippen LogP contribution is -2.07. The maximum Gasteiger partial charge on any atom is 0.238 e. The number of aromatic nitrogens is 5. The van der Waals surface area contributed by atoms with Gasteiger partial charge in [0.05, 0.1) is 16.6 Å². The number of hydrogen-bond donors (Lipinski definition) is 0. The van der Waals surface area contributed by atoms with Crippen molar-refractivity contribution >= 4 is 43.5 Å². The van der Waals surface area contributed by atoms with E-state index in [1.165, 1.54) is 43.8 Å². The molecule has 0 saturated carbocycles. The Morgan fingerprint density at radius 2 is 1.09 bits per heavy atom. The molecule has 9 aromatic rings. The van der Waals surface area contributed by atoms with E-state index in [1.807, 2.05) is 72.9 Å². The molecule has 0 atom stereocenters. The Morgan fingerprint density at radius 1 is 0.444 bits per heavy atom. The molecule has 10 rings (SSSR count). The summed E-state index contributed by atoms with van der Waals surface area (Å²) in [4.78, 5) is 20.3. The largest absolute Gasteiger partial charge is 0.276 e. The SMILES string of the molecule is c1ccc(-c2nc(-c3ccccc3)nc(-n3c4ccc5cccc6c5c4c4c(cc5cccnc5c43)-c3ccccc3-6)n2)cc1. The van der Waals surface area contributed by atoms with Crippen molar-refractivity contribution in [2.24, 2.45) is 0 Å². The Bertz CT molecular complexity index is 2580. The van der Waals surface area contributed by atoms with E-state index in [-0.39, 0.29) is 0 Å². The zero-order chi connectivity index (χ0) is 29.5. The minimum atomic E-state index is 0.567. The molecule has 0 fully saturated rings. The molecule has 0 N–H and O–H groups in total. The molecule has 6 aromatic carbocycles. The Kier molecular flexibility index (Phi) is 4.93. The van der Waals surface area contributed by atoms with Crippen molar-refractivity contribution in [2.45, 2.75) is 0 Å². The van der Waals surface area contributed by atoms with Gasteiger partial charge in [-0.15, -0.1) is 0 Å². The minimum Gasteiger partial charge on any atom is -0.276 e. The van der Waals surface area contributed by atoms with Gasteiger partial charge >= 0.3 is 0 Å². The second-order valence-corrected chi connectivity index (χ2v) is 11.5. The minimum absolute atomic E-state index is 0.567. The van der Waals surface area contributed by atoms with E-state index in [2.05, 4.69) is 71.3 Å². The number of fused-ring (bicyclic) bond motifs is 5. The first-order chi connectivity index (χ1) is 22.3. The van der Waals surface area contributed by atoms with Gasteiger partial charge in [0, 0.05) is 33.5 Å². The van der Waals surface area contributed by atoms with Crippen molar-refractivity contribution in [3.8, 4) is 51.0 Å². The van der Waals surface area contributed by atoms with Crippen molar-refractivity contribution in [3.05, 3.63) is 140 Å². The Hall–Kier alpha value is -6.20. The van der Waals surface area contributed by atoms with E-state index in [9.17, 15) is 0 Å². The third-order valence-corrected chi connectivity index (χ3v) is 9.00. The second kappa shape index (κ2) is 9.15. The van der Waals surface area contributed by atoms with Crippen LogP contribution in [0.25, 0.3) is 94.5 Å². The van der Waals surface area contributed by atoms with Crippen molar-refractivity contribution in [1.29, 1.82) is 0 Å². The number of benzene rings is 6. The predicted octanol–water partition coefficient (Wildman–Crippen LogP) is 9.65. The molecule has 0 spiro atoms. The lowest BCUT2D eigenvalue weighted by Gasteiger charge is -2.15. The first-order valence-corrected chi connectivity index (χ1v) is 15.1. The molecule has 0 bridgehead atoms. The summed E-state index contributed by atoms with van der Waals surface area (Å²) >= 11 is 0. The summed E-state index contributed by atoms with van der Waals surface area (Å²) in [5.74, 6) is 1.82. The molecule has 0 aliphatic heterocycles. The van der Waals surface area contributed by atoms with Crippen LogP contribution in [0, 0.1) is 0 Å². The van der Waals surface area contributed by atoms with E-state index >= 15 is 0 Å². The van der Waals surface area contributed by atoms with Gasteiger partial charge in [-0.2, -0.15) is 9.97 Å². The van der Waals surface area contributed by atoms with Crippen molar-refractivity contribution in [1.82, 2.24) is 24.5 Å². The molecule has 0 unspecified atom stereocenters. The molecule has 208 valence electrons. The van der Waals surface area contributed by atoms with Crippen molar-refractivity contribution in [2.75, 3.05) is 0 Å². The number of hydrogen-bond acceptors (Lipinski definition) is 4. The summed E-state index contributed by atoms with van der Waals surface area (Å²) in [6, 6.07) is 46.5. The molecule has 1 aliphatic rings. The van der Waals surface area contributed by atoms with Gasteiger partial charge in [0.2, 0.25) is 5.95 Å². The summed E-state index contributed by atoms with van der Waals surface area (Å²) < 4.78 is 2.22. The van der Waals surface area contributed by atoms with Crippen LogP contribution < -0.4 is 0 Å². The fourth-order valence-corrected chi connectivity index (χ4v) is 7.10. The average Bonchev–Trinajstić information content (AvgIpc) is 3.41. The van der Waals surface area contributed by atoms with Crippen LogP contribution in [0.15, 0.2) is 140 Å². The van der Waals surface area contributed by atoms with E-state index in [0.29, 0.717) is 17.6 Å². The first-order valence-electron chi connectivity index (χ1n) is 15.1. The third-order valence-electron chi connectivity index (χ3n) is 9.00. The van der Waals surface area contributed by atoms with E-state index in [1.54, 1.807) is 0 Å². The Balaban J connectivity index is 1.44. The normalized spacial score (nSPS) is 12.0. The van der Waals surface area contributed by atoms with Gasteiger partial charge in [-0.1, -0.05) is 115 Å². The highest BCUT2D eigenvalue weighted by Crippen LogP contribution is 2.50. The number of rotatable bonds is 3. The molecular formula is C40H23N5. The van der Waals surface area contributed by atoms with E-state index in [4.69, 9.17) is 19.9 Å². The molecule has 5 heteroatoms. The molecule has 0 amide bonds. The van der Waals surface area contributed by atoms with Crippen LogP contribution in [0.3, 0.4) is 0 Å². The van der Waals surface area contributed by atoms with Crippen LogP contribution in [-0.2, 0) is 0 Å².